The number of hydrogen-bond acceptors (Lipinski definition) is 8. The van der Waals surface area contributed by atoms with E-state index in [-0.39, 0.29) is 12.5 Å². The summed E-state index contributed by atoms with van der Waals surface area (Å²) in [5.41, 5.74) is 0. The minimum atomic E-state index is -1.57. The maximum absolute atomic E-state index is 12.9. The summed E-state index contributed by atoms with van der Waals surface area (Å²) in [6.07, 6.45) is 56.8. The van der Waals surface area contributed by atoms with Crippen molar-refractivity contribution in [2.75, 3.05) is 13.2 Å². The van der Waals surface area contributed by atoms with Crippen LogP contribution in [0.2, 0.25) is 0 Å². The molecule has 0 aromatic rings. The molecule has 0 aliphatic carbocycles. The minimum absolute atomic E-state index is 0.184. The molecule has 1 fully saturated rings. The van der Waals surface area contributed by atoms with E-state index in [1.54, 1.807) is 6.08 Å². The van der Waals surface area contributed by atoms with Crippen LogP contribution in [0.3, 0.4) is 0 Å². The Hall–Kier alpha value is -2.63. The Kier molecular flexibility index (Phi) is 42.0. The molecule has 0 aromatic carbocycles. The van der Waals surface area contributed by atoms with Crippen LogP contribution in [0.4, 0.5) is 0 Å². The Morgan fingerprint density at radius 3 is 1.42 bits per heavy atom. The van der Waals surface area contributed by atoms with Gasteiger partial charge in [-0.15, -0.1) is 0 Å². The highest BCUT2D eigenvalue weighted by atomic mass is 16.7. The molecule has 1 aliphatic heterocycles. The number of carbonyl (C=O) groups is 1. The second-order valence-electron chi connectivity index (χ2n) is 17.9. The molecule has 7 unspecified atom stereocenters. The van der Waals surface area contributed by atoms with E-state index in [2.05, 4.69) is 92.1 Å². The number of hydrogen-bond donors (Lipinski definition) is 6. The summed E-state index contributed by atoms with van der Waals surface area (Å²) >= 11 is 0. The van der Waals surface area contributed by atoms with Gasteiger partial charge in [-0.25, -0.2) is 0 Å². The topological polar surface area (TPSA) is 149 Å². The summed E-state index contributed by atoms with van der Waals surface area (Å²) in [6.45, 7) is 3.59. The van der Waals surface area contributed by atoms with E-state index in [0.717, 1.165) is 77.0 Å². The quantitative estimate of drug-likeness (QED) is 0.0262. The lowest BCUT2D eigenvalue weighted by atomic mass is 9.99. The molecular weight excluding hydrogens is 815 g/mol. The second-order valence-corrected chi connectivity index (χ2v) is 17.9. The Morgan fingerprint density at radius 2 is 0.954 bits per heavy atom. The number of aliphatic hydroxyl groups excluding tert-OH is 5. The molecule has 1 heterocycles. The third-order valence-electron chi connectivity index (χ3n) is 12.0. The number of amides is 1. The molecule has 65 heavy (non-hydrogen) atoms. The first-order valence-electron chi connectivity index (χ1n) is 26.3. The van der Waals surface area contributed by atoms with Crippen molar-refractivity contribution in [2.24, 2.45) is 0 Å². The molecule has 1 amide bonds. The van der Waals surface area contributed by atoms with Crippen molar-refractivity contribution in [3.05, 3.63) is 85.1 Å². The highest BCUT2D eigenvalue weighted by Gasteiger charge is 2.44. The molecule has 0 aromatic heterocycles. The summed E-state index contributed by atoms with van der Waals surface area (Å²) in [4.78, 5) is 12.9. The highest BCUT2D eigenvalue weighted by molar-refractivity contribution is 5.76. The number of nitrogens with one attached hydrogen (secondary N) is 1. The molecule has 1 rings (SSSR count). The molecule has 374 valence electrons. The number of aliphatic hydroxyl groups is 5. The van der Waals surface area contributed by atoms with Crippen molar-refractivity contribution >= 4 is 5.91 Å². The van der Waals surface area contributed by atoms with Gasteiger partial charge in [0, 0.05) is 6.42 Å². The number of unbranched alkanes of at least 4 members (excludes halogenated alkanes) is 21. The Morgan fingerprint density at radius 1 is 0.538 bits per heavy atom. The summed E-state index contributed by atoms with van der Waals surface area (Å²) in [7, 11) is 0. The van der Waals surface area contributed by atoms with Crippen LogP contribution >= 0.6 is 0 Å². The fraction of sp³-hybridized carbons (Fsp3) is 0.732. The van der Waals surface area contributed by atoms with E-state index >= 15 is 0 Å². The van der Waals surface area contributed by atoms with E-state index < -0.39 is 49.5 Å². The molecule has 0 spiro atoms. The summed E-state index contributed by atoms with van der Waals surface area (Å²) < 4.78 is 11.2. The van der Waals surface area contributed by atoms with Crippen molar-refractivity contribution in [1.82, 2.24) is 5.32 Å². The molecule has 0 bridgehead atoms. The van der Waals surface area contributed by atoms with Crippen LogP contribution in [0.1, 0.15) is 206 Å². The average Bonchev–Trinajstić information content (AvgIpc) is 3.31. The van der Waals surface area contributed by atoms with Gasteiger partial charge in [-0.1, -0.05) is 214 Å². The third-order valence-corrected chi connectivity index (χ3v) is 12.0. The van der Waals surface area contributed by atoms with Crippen molar-refractivity contribution in [3.8, 4) is 0 Å². The van der Waals surface area contributed by atoms with E-state index in [0.29, 0.717) is 6.42 Å². The predicted octanol–water partition coefficient (Wildman–Crippen LogP) is 12.3. The van der Waals surface area contributed by atoms with Crippen LogP contribution in [0.5, 0.6) is 0 Å². The van der Waals surface area contributed by atoms with Gasteiger partial charge in [-0.3, -0.25) is 4.79 Å². The molecule has 0 radical (unpaired) electrons. The maximum atomic E-state index is 12.9. The van der Waals surface area contributed by atoms with Crippen LogP contribution in [0, 0.1) is 0 Å². The van der Waals surface area contributed by atoms with Crippen LogP contribution < -0.4 is 5.32 Å². The number of rotatable bonds is 43. The normalized spacial score (nSPS) is 20.6. The lowest BCUT2D eigenvalue weighted by molar-refractivity contribution is -0.302. The first-order chi connectivity index (χ1) is 31.8. The highest BCUT2D eigenvalue weighted by Crippen LogP contribution is 2.23. The van der Waals surface area contributed by atoms with Gasteiger partial charge >= 0.3 is 0 Å². The average molecular weight is 912 g/mol. The van der Waals surface area contributed by atoms with Crippen LogP contribution in [-0.2, 0) is 14.3 Å². The molecule has 7 atom stereocenters. The summed E-state index contributed by atoms with van der Waals surface area (Å²) in [5.74, 6) is -0.184. The fourth-order valence-electron chi connectivity index (χ4n) is 7.81. The molecule has 1 aliphatic rings. The van der Waals surface area contributed by atoms with Gasteiger partial charge in [0.1, 0.15) is 24.4 Å². The molecule has 1 saturated heterocycles. The zero-order valence-corrected chi connectivity index (χ0v) is 41.2. The number of allylic oxidation sites excluding steroid dienone is 13. The first-order valence-corrected chi connectivity index (χ1v) is 26.3. The minimum Gasteiger partial charge on any atom is -0.394 e. The third kappa shape index (κ3) is 35.2. The Balaban J connectivity index is 2.06. The SMILES string of the molecule is CC/C=C\C/C=C\C/C=C\C/C=C\C/C=C\C/C=C\CCCCCCCCCCCCCCCCCCC(=O)NC(COC1OC(CO)C(O)C(O)C1O)C(O)/C=C/CCCCCCC. The maximum Gasteiger partial charge on any atom is 0.220 e. The monoisotopic (exact) mass is 912 g/mol. The molecular formula is C56H97NO8. The predicted molar refractivity (Wildman–Crippen MR) is 271 cm³/mol. The van der Waals surface area contributed by atoms with Gasteiger partial charge in [0.15, 0.2) is 6.29 Å². The molecule has 9 heteroatoms. The van der Waals surface area contributed by atoms with Gasteiger partial charge in [0.2, 0.25) is 5.91 Å². The van der Waals surface area contributed by atoms with E-state index in [1.807, 2.05) is 6.08 Å². The van der Waals surface area contributed by atoms with E-state index in [1.165, 1.54) is 109 Å². The van der Waals surface area contributed by atoms with Crippen molar-refractivity contribution in [3.63, 3.8) is 0 Å². The molecule has 6 N–H and O–H groups in total. The largest absolute Gasteiger partial charge is 0.394 e. The van der Waals surface area contributed by atoms with Crippen molar-refractivity contribution in [2.45, 2.75) is 249 Å². The van der Waals surface area contributed by atoms with Gasteiger partial charge in [-0.05, 0) is 70.6 Å². The zero-order valence-electron chi connectivity index (χ0n) is 41.2. The summed E-state index contributed by atoms with van der Waals surface area (Å²) in [6, 6.07) is -0.804. The van der Waals surface area contributed by atoms with Crippen LogP contribution in [-0.4, -0.2) is 87.5 Å². The Bertz CT molecular complexity index is 1290. The van der Waals surface area contributed by atoms with E-state index in [4.69, 9.17) is 9.47 Å². The van der Waals surface area contributed by atoms with Gasteiger partial charge in [0.05, 0.1) is 25.4 Å². The second kappa shape index (κ2) is 45.2. The lowest BCUT2D eigenvalue weighted by Gasteiger charge is -2.40. The van der Waals surface area contributed by atoms with Gasteiger partial charge < -0.3 is 40.3 Å². The fourth-order valence-corrected chi connectivity index (χ4v) is 7.81. The van der Waals surface area contributed by atoms with Crippen LogP contribution in [0.25, 0.3) is 0 Å². The smallest absolute Gasteiger partial charge is 0.220 e. The lowest BCUT2D eigenvalue weighted by Crippen LogP contribution is -2.60. The summed E-state index contributed by atoms with van der Waals surface area (Å²) in [5, 5.41) is 54.0. The van der Waals surface area contributed by atoms with Crippen molar-refractivity contribution in [1.29, 1.82) is 0 Å². The Labute approximate surface area is 397 Å². The standard InChI is InChI=1S/C56H97NO8/c1-3-5-7-9-11-12-13-14-15-16-17-18-19-20-21-22-23-24-25-26-27-28-29-30-31-32-33-34-35-36-37-38-40-42-44-46-52(60)57-49(50(59)45-43-41-39-10-8-6-4-2)48-64-56-55(63)54(62)53(61)51(47-58)65-56/h5,7,11-12,14-15,17-18,20-21,23-24,43,45,49-51,53-56,58-59,61-63H,3-4,6,8-10,13,16,19,22,25-42,44,46-48H2,1-2H3,(H,57,60)/b7-5-,12-11-,15-14-,18-17-,21-20-,24-23-,45-43+. The van der Waals surface area contributed by atoms with Gasteiger partial charge in [-0.2, -0.15) is 0 Å². The first kappa shape index (κ1) is 60.4. The van der Waals surface area contributed by atoms with Crippen molar-refractivity contribution < 1.29 is 39.8 Å². The van der Waals surface area contributed by atoms with Crippen LogP contribution in [0.15, 0.2) is 85.1 Å². The van der Waals surface area contributed by atoms with Gasteiger partial charge in [0.25, 0.3) is 0 Å². The molecule has 0 saturated carbocycles. The zero-order chi connectivity index (χ0) is 47.3. The number of carbonyl (C=O) groups excluding carboxylic acids is 1. The molecule has 9 nitrogen and oxygen atoms in total. The van der Waals surface area contributed by atoms with E-state index in [9.17, 15) is 30.3 Å². The number of ether oxygens (including phenoxy) is 2.